The molecule has 0 radical (unpaired) electrons. The highest BCUT2D eigenvalue weighted by Crippen LogP contribution is 2.69. The molecule has 0 fully saturated rings. The number of hydrogen-bond donors (Lipinski definition) is 6. The van der Waals surface area contributed by atoms with Crippen molar-refractivity contribution in [1.29, 1.82) is 0 Å². The summed E-state index contributed by atoms with van der Waals surface area (Å²) in [6.07, 6.45) is -0.456. The minimum atomic E-state index is -5.16. The van der Waals surface area contributed by atoms with Gasteiger partial charge in [-0.2, -0.15) is 0 Å². The van der Waals surface area contributed by atoms with Crippen molar-refractivity contribution in [2.75, 3.05) is 13.1 Å². The number of rotatable bonds is 10. The minimum Gasteiger partial charge on any atom is -0.323 e. The van der Waals surface area contributed by atoms with Gasteiger partial charge < -0.3 is 24.9 Å². The normalized spacial score (nSPS) is 14.7. The average Bonchev–Trinajstić information content (AvgIpc) is 2.28. The van der Waals surface area contributed by atoms with E-state index in [0.29, 0.717) is 12.1 Å². The molecule has 0 spiro atoms. The maximum atomic E-state index is 11.9. The van der Waals surface area contributed by atoms with Crippen molar-refractivity contribution < 1.29 is 28.7 Å². The highest BCUT2D eigenvalue weighted by atomic mass is 31.2. The largest absolute Gasteiger partial charge is 0.357 e. The SMILES string of the molecule is C=C(C)CNC(C)CC(NCC(=C)C)(P(=O)(O)O)P(=O)(O)O. The van der Waals surface area contributed by atoms with Gasteiger partial charge >= 0.3 is 15.2 Å². The molecule has 0 aromatic heterocycles. The Balaban J connectivity index is 5.55. The fourth-order valence-electron chi connectivity index (χ4n) is 1.83. The summed E-state index contributed by atoms with van der Waals surface area (Å²) in [5, 5.41) is 2.61. The van der Waals surface area contributed by atoms with E-state index in [9.17, 15) is 28.7 Å². The molecule has 0 bridgehead atoms. The lowest BCUT2D eigenvalue weighted by Gasteiger charge is -2.37. The van der Waals surface area contributed by atoms with Gasteiger partial charge in [0.25, 0.3) is 0 Å². The van der Waals surface area contributed by atoms with Gasteiger partial charge in [0.15, 0.2) is 0 Å². The Morgan fingerprint density at radius 1 is 1.05 bits per heavy atom. The third-order valence-electron chi connectivity index (χ3n) is 2.98. The first-order valence-electron chi connectivity index (χ1n) is 6.61. The van der Waals surface area contributed by atoms with E-state index in [2.05, 4.69) is 23.8 Å². The maximum Gasteiger partial charge on any atom is 0.357 e. The van der Waals surface area contributed by atoms with Crippen molar-refractivity contribution in [2.45, 2.75) is 38.3 Å². The van der Waals surface area contributed by atoms with Gasteiger partial charge in [-0.05, 0) is 20.8 Å². The van der Waals surface area contributed by atoms with Crippen molar-refractivity contribution in [3.63, 3.8) is 0 Å². The molecule has 0 saturated carbocycles. The van der Waals surface area contributed by atoms with Gasteiger partial charge in [0.05, 0.1) is 0 Å². The summed E-state index contributed by atoms with van der Waals surface area (Å²) in [5.41, 5.74) is 1.29. The van der Waals surface area contributed by atoms with Gasteiger partial charge in [0, 0.05) is 25.6 Å². The minimum absolute atomic E-state index is 0.122. The standard InChI is InChI=1S/C12H26N2O6P2/c1-9(2)7-13-11(5)6-12(21(15,16)17,22(18,19)20)14-8-10(3)4/h11,13-14H,1,3,6-8H2,2,4-5H3,(H2,15,16,17)(H2,18,19,20). The fourth-order valence-corrected chi connectivity index (χ4v) is 4.78. The summed E-state index contributed by atoms with van der Waals surface area (Å²) in [5.74, 6) is 0. The van der Waals surface area contributed by atoms with Crippen molar-refractivity contribution in [2.24, 2.45) is 0 Å². The monoisotopic (exact) mass is 356 g/mol. The first-order chi connectivity index (χ1) is 9.73. The Hall–Kier alpha value is -0.300. The van der Waals surface area contributed by atoms with Crippen LogP contribution in [0.3, 0.4) is 0 Å². The van der Waals surface area contributed by atoms with Crippen LogP contribution in [0.15, 0.2) is 24.3 Å². The average molecular weight is 356 g/mol. The third-order valence-corrected chi connectivity index (χ3v) is 7.15. The molecular formula is C12H26N2O6P2. The van der Waals surface area contributed by atoms with Gasteiger partial charge in [-0.25, -0.2) is 0 Å². The molecule has 0 amide bonds. The molecule has 10 heteroatoms. The Morgan fingerprint density at radius 2 is 1.45 bits per heavy atom. The van der Waals surface area contributed by atoms with E-state index in [1.54, 1.807) is 20.8 Å². The predicted molar refractivity (Wildman–Crippen MR) is 86.5 cm³/mol. The second kappa shape index (κ2) is 7.99. The van der Waals surface area contributed by atoms with Crippen LogP contribution in [0.25, 0.3) is 0 Å². The lowest BCUT2D eigenvalue weighted by molar-refractivity contribution is 0.272. The molecule has 1 atom stereocenters. The molecule has 0 aromatic rings. The molecule has 0 aromatic carbocycles. The van der Waals surface area contributed by atoms with Crippen molar-refractivity contribution in [3.8, 4) is 0 Å². The second-order valence-corrected chi connectivity index (χ2v) is 9.71. The second-order valence-electron chi connectivity index (χ2n) is 5.66. The molecule has 0 aliphatic carbocycles. The highest BCUT2D eigenvalue weighted by molar-refractivity contribution is 7.72. The summed E-state index contributed by atoms with van der Waals surface area (Å²) in [4.78, 5) is 38.3. The summed E-state index contributed by atoms with van der Waals surface area (Å²) < 4.78 is 23.7. The van der Waals surface area contributed by atoms with E-state index >= 15 is 0 Å². The van der Waals surface area contributed by atoms with Crippen LogP contribution in [-0.4, -0.2) is 43.7 Å². The summed E-state index contributed by atoms with van der Waals surface area (Å²) in [6.45, 7) is 12.4. The van der Waals surface area contributed by atoms with E-state index in [1.165, 1.54) is 0 Å². The Labute approximate surface area is 131 Å². The molecule has 8 nitrogen and oxygen atoms in total. The van der Waals surface area contributed by atoms with Crippen LogP contribution < -0.4 is 10.6 Å². The van der Waals surface area contributed by atoms with E-state index in [0.717, 1.165) is 5.57 Å². The zero-order chi connectivity index (χ0) is 17.8. The smallest absolute Gasteiger partial charge is 0.323 e. The number of nitrogens with one attached hydrogen (secondary N) is 2. The van der Waals surface area contributed by atoms with Gasteiger partial charge in [-0.15, -0.1) is 0 Å². The molecule has 1 unspecified atom stereocenters. The van der Waals surface area contributed by atoms with Crippen molar-refractivity contribution >= 4 is 15.2 Å². The molecule has 0 rings (SSSR count). The molecule has 6 N–H and O–H groups in total. The van der Waals surface area contributed by atoms with Gasteiger partial charge in [0.1, 0.15) is 0 Å². The zero-order valence-electron chi connectivity index (χ0n) is 13.1. The first-order valence-corrected chi connectivity index (χ1v) is 9.84. The van der Waals surface area contributed by atoms with Gasteiger partial charge in [-0.1, -0.05) is 24.3 Å². The fraction of sp³-hybridized carbons (Fsp3) is 0.667. The van der Waals surface area contributed by atoms with Gasteiger partial charge in [0.2, 0.25) is 5.02 Å². The molecule has 22 heavy (non-hydrogen) atoms. The van der Waals surface area contributed by atoms with Crippen LogP contribution in [0, 0.1) is 0 Å². The van der Waals surface area contributed by atoms with Crippen molar-refractivity contribution in [3.05, 3.63) is 24.3 Å². The first kappa shape index (κ1) is 21.7. The molecular weight excluding hydrogens is 330 g/mol. The van der Waals surface area contributed by atoms with Crippen molar-refractivity contribution in [1.82, 2.24) is 10.6 Å². The van der Waals surface area contributed by atoms with E-state index in [4.69, 9.17) is 0 Å². The summed E-state index contributed by atoms with van der Waals surface area (Å²) in [6, 6.07) is -0.561. The third kappa shape index (κ3) is 6.07. The Bertz CT molecular complexity index is 488. The van der Waals surface area contributed by atoms with Gasteiger partial charge in [-0.3, -0.25) is 14.4 Å². The van der Waals surface area contributed by atoms with Crippen LogP contribution in [0.4, 0.5) is 0 Å². The lowest BCUT2D eigenvalue weighted by atomic mass is 10.2. The van der Waals surface area contributed by atoms with Crippen LogP contribution in [0.2, 0.25) is 0 Å². The Morgan fingerprint density at radius 3 is 1.77 bits per heavy atom. The van der Waals surface area contributed by atoms with Crippen LogP contribution in [0.5, 0.6) is 0 Å². The molecule has 130 valence electrons. The Kier molecular flexibility index (Phi) is 7.89. The molecule has 0 aliphatic rings. The predicted octanol–water partition coefficient (Wildman–Crippen LogP) is 1.11. The lowest BCUT2D eigenvalue weighted by Crippen LogP contribution is -2.49. The maximum absolute atomic E-state index is 11.9. The molecule has 0 heterocycles. The van der Waals surface area contributed by atoms with Crippen LogP contribution in [-0.2, 0) is 9.13 Å². The van der Waals surface area contributed by atoms with E-state index in [-0.39, 0.29) is 6.54 Å². The summed E-state index contributed by atoms with van der Waals surface area (Å²) >= 11 is 0. The topological polar surface area (TPSA) is 139 Å². The molecule has 0 aliphatic heterocycles. The summed E-state index contributed by atoms with van der Waals surface area (Å²) in [7, 11) is -10.3. The van der Waals surface area contributed by atoms with Crippen LogP contribution >= 0.6 is 15.2 Å². The van der Waals surface area contributed by atoms with E-state index < -0.39 is 32.7 Å². The molecule has 0 saturated heterocycles. The zero-order valence-corrected chi connectivity index (χ0v) is 14.9. The quantitative estimate of drug-likeness (QED) is 0.253. The van der Waals surface area contributed by atoms with E-state index in [1.807, 2.05) is 0 Å². The highest BCUT2D eigenvalue weighted by Gasteiger charge is 2.60. The number of hydrogen-bond acceptors (Lipinski definition) is 4. The van der Waals surface area contributed by atoms with Crippen LogP contribution in [0.1, 0.15) is 27.2 Å².